The van der Waals surface area contributed by atoms with Crippen LogP contribution in [0.15, 0.2) is 83.9 Å². The minimum absolute atomic E-state index is 0.0300. The molecule has 5 heteroatoms. The third-order valence-corrected chi connectivity index (χ3v) is 6.24. The third-order valence-electron chi connectivity index (χ3n) is 6.24. The molecule has 0 bridgehead atoms. The first-order valence-corrected chi connectivity index (χ1v) is 11.4. The smallest absolute Gasteiger partial charge is 0.193 e. The number of aromatic nitrogens is 2. The molecule has 2 heterocycles. The second kappa shape index (κ2) is 9.37. The van der Waals surface area contributed by atoms with Crippen LogP contribution in [0.25, 0.3) is 16.6 Å². The van der Waals surface area contributed by atoms with Crippen LogP contribution in [-0.2, 0) is 6.54 Å². The highest BCUT2D eigenvalue weighted by atomic mass is 16.1. The van der Waals surface area contributed by atoms with Gasteiger partial charge in [0.1, 0.15) is 5.82 Å². The van der Waals surface area contributed by atoms with E-state index in [2.05, 4.69) is 32.3 Å². The van der Waals surface area contributed by atoms with E-state index in [1.165, 1.54) is 32.1 Å². The Balaban J connectivity index is 1.65. The molecule has 2 aromatic carbocycles. The summed E-state index contributed by atoms with van der Waals surface area (Å²) in [4.78, 5) is 17.5. The molecule has 2 N–H and O–H groups in total. The Bertz CT molecular complexity index is 1250. The number of nitrogens with one attached hydrogen (secondary N) is 2. The zero-order valence-corrected chi connectivity index (χ0v) is 18.1. The van der Waals surface area contributed by atoms with Crippen molar-refractivity contribution < 1.29 is 0 Å². The van der Waals surface area contributed by atoms with E-state index in [1.54, 1.807) is 12.3 Å². The van der Waals surface area contributed by atoms with Gasteiger partial charge in [0.2, 0.25) is 0 Å². The van der Waals surface area contributed by atoms with Gasteiger partial charge < -0.3 is 10.6 Å². The van der Waals surface area contributed by atoms with Gasteiger partial charge in [-0.15, -0.1) is 0 Å². The maximum absolute atomic E-state index is 13.1. The molecule has 162 valence electrons. The van der Waals surface area contributed by atoms with E-state index in [0.717, 1.165) is 28.3 Å². The number of benzene rings is 2. The lowest BCUT2D eigenvalue weighted by Gasteiger charge is -2.24. The number of fused-ring (bicyclic) bond motifs is 1. The Labute approximate surface area is 188 Å². The molecular weight excluding hydrogens is 396 g/mol. The van der Waals surface area contributed by atoms with E-state index in [1.807, 2.05) is 54.7 Å². The summed E-state index contributed by atoms with van der Waals surface area (Å²) in [6.07, 6.45) is 9.90. The number of anilines is 2. The first-order valence-electron chi connectivity index (χ1n) is 11.4. The minimum Gasteiger partial charge on any atom is -0.341 e. The second-order valence-electron chi connectivity index (χ2n) is 8.47. The summed E-state index contributed by atoms with van der Waals surface area (Å²) in [6.45, 7) is 0.691. The van der Waals surface area contributed by atoms with Gasteiger partial charge in [-0.05, 0) is 37.1 Å². The SMILES string of the molecule is O=c1cc(Nc2ccccc2)n(-c2ccccc2)c2c(CNC3CCCCC3)cncc12. The van der Waals surface area contributed by atoms with Gasteiger partial charge in [-0.3, -0.25) is 14.3 Å². The summed E-state index contributed by atoms with van der Waals surface area (Å²) in [7, 11) is 0. The maximum atomic E-state index is 13.1. The Hall–Kier alpha value is -3.44. The van der Waals surface area contributed by atoms with Crippen molar-refractivity contribution in [1.82, 2.24) is 14.9 Å². The van der Waals surface area contributed by atoms with Gasteiger partial charge in [0.05, 0.1) is 10.9 Å². The van der Waals surface area contributed by atoms with Crippen LogP contribution in [0.5, 0.6) is 0 Å². The highest BCUT2D eigenvalue weighted by molar-refractivity contribution is 5.86. The number of para-hydroxylation sites is 2. The standard InChI is InChI=1S/C27H28N4O/c32-25-16-26(30-22-12-6-2-7-13-22)31(23-14-8-3-9-15-23)27-20(17-28-19-24(25)27)18-29-21-10-4-1-5-11-21/h2-3,6-9,12-17,19,21,29-30H,1,4-5,10-11,18H2. The number of hydrogen-bond donors (Lipinski definition) is 2. The molecule has 1 saturated carbocycles. The molecule has 0 radical (unpaired) electrons. The lowest BCUT2D eigenvalue weighted by Crippen LogP contribution is -2.30. The second-order valence-corrected chi connectivity index (χ2v) is 8.47. The average molecular weight is 425 g/mol. The first kappa shape index (κ1) is 20.5. The predicted octanol–water partition coefficient (Wildman–Crippen LogP) is 5.55. The van der Waals surface area contributed by atoms with Crippen molar-refractivity contribution in [2.24, 2.45) is 0 Å². The van der Waals surface area contributed by atoms with Crippen molar-refractivity contribution >= 4 is 22.4 Å². The van der Waals surface area contributed by atoms with Crippen LogP contribution in [0.2, 0.25) is 0 Å². The summed E-state index contributed by atoms with van der Waals surface area (Å²) in [5, 5.41) is 7.82. The molecule has 1 aliphatic rings. The molecule has 5 nitrogen and oxygen atoms in total. The Morgan fingerprint density at radius 1 is 0.906 bits per heavy atom. The van der Waals surface area contributed by atoms with Gasteiger partial charge in [0, 0.05) is 48.0 Å². The van der Waals surface area contributed by atoms with E-state index in [9.17, 15) is 4.79 Å². The van der Waals surface area contributed by atoms with E-state index in [4.69, 9.17) is 0 Å². The summed E-state index contributed by atoms with van der Waals surface area (Å²) in [5.74, 6) is 0.741. The van der Waals surface area contributed by atoms with Gasteiger partial charge in [-0.1, -0.05) is 55.7 Å². The van der Waals surface area contributed by atoms with Gasteiger partial charge in [-0.2, -0.15) is 0 Å². The topological polar surface area (TPSA) is 59.0 Å². The van der Waals surface area contributed by atoms with E-state index in [-0.39, 0.29) is 5.43 Å². The average Bonchev–Trinajstić information content (AvgIpc) is 2.85. The van der Waals surface area contributed by atoms with Crippen molar-refractivity contribution in [2.75, 3.05) is 5.32 Å². The lowest BCUT2D eigenvalue weighted by atomic mass is 9.95. The molecule has 1 fully saturated rings. The van der Waals surface area contributed by atoms with Crippen molar-refractivity contribution in [3.05, 3.63) is 94.9 Å². The van der Waals surface area contributed by atoms with E-state index in [0.29, 0.717) is 18.0 Å². The monoisotopic (exact) mass is 424 g/mol. The van der Waals surface area contributed by atoms with E-state index < -0.39 is 0 Å². The fraction of sp³-hybridized carbons (Fsp3) is 0.259. The van der Waals surface area contributed by atoms with Gasteiger partial charge in [0.15, 0.2) is 5.43 Å². The molecular formula is C27H28N4O. The van der Waals surface area contributed by atoms with Crippen LogP contribution >= 0.6 is 0 Å². The zero-order chi connectivity index (χ0) is 21.8. The highest BCUT2D eigenvalue weighted by Gasteiger charge is 2.17. The van der Waals surface area contributed by atoms with Crippen LogP contribution in [-0.4, -0.2) is 15.6 Å². The molecule has 0 atom stereocenters. The van der Waals surface area contributed by atoms with Crippen LogP contribution in [0.4, 0.5) is 11.5 Å². The van der Waals surface area contributed by atoms with Crippen LogP contribution < -0.4 is 16.1 Å². The number of rotatable bonds is 6. The van der Waals surface area contributed by atoms with Crippen molar-refractivity contribution in [1.29, 1.82) is 0 Å². The van der Waals surface area contributed by atoms with Crippen LogP contribution in [0, 0.1) is 0 Å². The first-order chi connectivity index (χ1) is 15.8. The van der Waals surface area contributed by atoms with Crippen LogP contribution in [0.1, 0.15) is 37.7 Å². The summed E-state index contributed by atoms with van der Waals surface area (Å²) >= 11 is 0. The maximum Gasteiger partial charge on any atom is 0.193 e. The fourth-order valence-corrected chi connectivity index (χ4v) is 4.63. The number of hydrogen-bond acceptors (Lipinski definition) is 4. The third kappa shape index (κ3) is 4.30. The molecule has 0 aliphatic heterocycles. The number of nitrogens with zero attached hydrogens (tertiary/aromatic N) is 2. The van der Waals surface area contributed by atoms with Gasteiger partial charge in [0.25, 0.3) is 0 Å². The summed E-state index contributed by atoms with van der Waals surface area (Å²) in [6, 6.07) is 22.3. The zero-order valence-electron chi connectivity index (χ0n) is 18.1. The molecule has 5 rings (SSSR count). The molecule has 1 aliphatic carbocycles. The van der Waals surface area contributed by atoms with Crippen molar-refractivity contribution in [2.45, 2.75) is 44.7 Å². The molecule has 4 aromatic rings. The molecule has 0 spiro atoms. The summed E-state index contributed by atoms with van der Waals surface area (Å²) in [5.41, 5.74) is 3.84. The van der Waals surface area contributed by atoms with Crippen molar-refractivity contribution in [3.63, 3.8) is 0 Å². The largest absolute Gasteiger partial charge is 0.341 e. The molecule has 0 saturated heterocycles. The van der Waals surface area contributed by atoms with Crippen molar-refractivity contribution in [3.8, 4) is 5.69 Å². The highest BCUT2D eigenvalue weighted by Crippen LogP contribution is 2.27. The quantitative estimate of drug-likeness (QED) is 0.426. The summed E-state index contributed by atoms with van der Waals surface area (Å²) < 4.78 is 2.14. The van der Waals surface area contributed by atoms with Crippen LogP contribution in [0.3, 0.4) is 0 Å². The molecule has 0 unspecified atom stereocenters. The lowest BCUT2D eigenvalue weighted by molar-refractivity contribution is 0.372. The van der Waals surface area contributed by atoms with E-state index >= 15 is 0 Å². The normalized spacial score (nSPS) is 14.5. The van der Waals surface area contributed by atoms with Gasteiger partial charge >= 0.3 is 0 Å². The fourth-order valence-electron chi connectivity index (χ4n) is 4.63. The van der Waals surface area contributed by atoms with Gasteiger partial charge in [-0.25, -0.2) is 0 Å². The Kier molecular flexibility index (Phi) is 5.99. The molecule has 0 amide bonds. The number of pyridine rings is 2. The Morgan fingerprint density at radius 2 is 1.62 bits per heavy atom. The molecule has 32 heavy (non-hydrogen) atoms. The molecule has 2 aromatic heterocycles. The Morgan fingerprint density at radius 3 is 2.38 bits per heavy atom. The minimum atomic E-state index is -0.0300. The predicted molar refractivity (Wildman–Crippen MR) is 131 cm³/mol.